The van der Waals surface area contributed by atoms with Crippen LogP contribution in [0, 0.1) is 0 Å². The summed E-state index contributed by atoms with van der Waals surface area (Å²) in [5.74, 6) is 0.0974. The molecule has 2 N–H and O–H groups in total. The molecule has 0 radical (unpaired) electrons. The molecule has 0 fully saturated rings. The largest absolute Gasteiger partial charge is 0.364 e. The number of carbonyl (C=O) groups excluding carboxylic acids is 1. The Balaban J connectivity index is 2.79. The number of rotatable bonds is 0. The zero-order valence-corrected chi connectivity index (χ0v) is 5.83. The predicted octanol–water partition coefficient (Wildman–Crippen LogP) is -1.30. The molecule has 1 atom stereocenters. The first-order valence-corrected chi connectivity index (χ1v) is 2.88. The number of hydrazine groups is 1. The Morgan fingerprint density at radius 2 is 2.40 bits per heavy atom. The molecule has 0 aromatic carbocycles. The molecule has 1 heterocycles. The van der Waals surface area contributed by atoms with E-state index in [-0.39, 0.29) is 0 Å². The van der Waals surface area contributed by atoms with Crippen LogP contribution in [-0.2, 0) is 4.79 Å². The fourth-order valence-corrected chi connectivity index (χ4v) is 0.626. The first-order valence-electron chi connectivity index (χ1n) is 2.88. The van der Waals surface area contributed by atoms with Gasteiger partial charge in [0.05, 0.1) is 0 Å². The number of carbonyl (C=O) groups is 1. The van der Waals surface area contributed by atoms with Crippen LogP contribution in [0.25, 0.3) is 0 Å². The standard InChI is InChI=1S/C5H9N3O2/c1-3-6-4(9)5(10)7-8(3)2/h4,9H,1-2H3,(H,7,10). The summed E-state index contributed by atoms with van der Waals surface area (Å²) in [4.78, 5) is 14.3. The van der Waals surface area contributed by atoms with Gasteiger partial charge in [0.1, 0.15) is 5.84 Å². The van der Waals surface area contributed by atoms with E-state index in [2.05, 4.69) is 10.4 Å². The van der Waals surface area contributed by atoms with Crippen LogP contribution < -0.4 is 5.43 Å². The van der Waals surface area contributed by atoms with Crippen LogP contribution in [-0.4, -0.2) is 35.1 Å². The fraction of sp³-hybridized carbons (Fsp3) is 0.600. The van der Waals surface area contributed by atoms with Gasteiger partial charge in [0, 0.05) is 7.05 Å². The lowest BCUT2D eigenvalue weighted by Gasteiger charge is -2.25. The van der Waals surface area contributed by atoms with Gasteiger partial charge in [-0.1, -0.05) is 0 Å². The molecule has 56 valence electrons. The molecule has 0 aromatic heterocycles. The van der Waals surface area contributed by atoms with Crippen LogP contribution in [0.15, 0.2) is 4.99 Å². The number of nitrogens with zero attached hydrogens (tertiary/aromatic N) is 2. The third kappa shape index (κ3) is 1.08. The second-order valence-corrected chi connectivity index (χ2v) is 2.09. The number of amidine groups is 1. The number of aliphatic hydroxyl groups is 1. The van der Waals surface area contributed by atoms with Gasteiger partial charge in [-0.25, -0.2) is 4.99 Å². The van der Waals surface area contributed by atoms with Gasteiger partial charge in [-0.3, -0.25) is 15.2 Å². The number of hydrogen-bond donors (Lipinski definition) is 2. The zero-order chi connectivity index (χ0) is 7.72. The number of nitrogens with one attached hydrogen (secondary N) is 1. The smallest absolute Gasteiger partial charge is 0.290 e. The van der Waals surface area contributed by atoms with Crippen molar-refractivity contribution in [2.45, 2.75) is 13.2 Å². The maximum Gasteiger partial charge on any atom is 0.290 e. The van der Waals surface area contributed by atoms with Crippen molar-refractivity contribution >= 4 is 11.7 Å². The minimum Gasteiger partial charge on any atom is -0.364 e. The van der Waals surface area contributed by atoms with Crippen LogP contribution in [0.2, 0.25) is 0 Å². The van der Waals surface area contributed by atoms with E-state index in [1.54, 1.807) is 14.0 Å². The number of amides is 1. The maximum atomic E-state index is 10.6. The summed E-state index contributed by atoms with van der Waals surface area (Å²) < 4.78 is 0. The lowest BCUT2D eigenvalue weighted by molar-refractivity contribution is -0.133. The maximum absolute atomic E-state index is 10.6. The van der Waals surface area contributed by atoms with Gasteiger partial charge in [-0.15, -0.1) is 0 Å². The summed E-state index contributed by atoms with van der Waals surface area (Å²) in [6.07, 6.45) is -1.24. The highest BCUT2D eigenvalue weighted by molar-refractivity contribution is 5.91. The minimum atomic E-state index is -1.24. The molecule has 0 saturated carbocycles. The monoisotopic (exact) mass is 143 g/mol. The first kappa shape index (κ1) is 7.01. The average molecular weight is 143 g/mol. The van der Waals surface area contributed by atoms with Crippen LogP contribution in [0.1, 0.15) is 6.92 Å². The van der Waals surface area contributed by atoms with E-state index in [1.165, 1.54) is 5.01 Å². The van der Waals surface area contributed by atoms with Crippen molar-refractivity contribution in [3.63, 3.8) is 0 Å². The molecule has 0 saturated heterocycles. The van der Waals surface area contributed by atoms with Gasteiger partial charge in [-0.05, 0) is 6.92 Å². The molecule has 1 unspecified atom stereocenters. The molecule has 1 amide bonds. The van der Waals surface area contributed by atoms with Gasteiger partial charge >= 0.3 is 0 Å². The summed E-state index contributed by atoms with van der Waals surface area (Å²) in [6, 6.07) is 0. The first-order chi connectivity index (χ1) is 4.61. The van der Waals surface area contributed by atoms with Gasteiger partial charge < -0.3 is 5.11 Å². The van der Waals surface area contributed by atoms with E-state index in [0.29, 0.717) is 5.84 Å². The van der Waals surface area contributed by atoms with E-state index in [4.69, 9.17) is 5.11 Å². The van der Waals surface area contributed by atoms with Crippen molar-refractivity contribution in [1.29, 1.82) is 0 Å². The Bertz CT molecular complexity index is 189. The van der Waals surface area contributed by atoms with Crippen molar-refractivity contribution in [1.82, 2.24) is 10.4 Å². The normalized spacial score (nSPS) is 25.9. The SMILES string of the molecule is CC1=NC(O)C(=O)NN1C. The fourth-order valence-electron chi connectivity index (χ4n) is 0.626. The Morgan fingerprint density at radius 1 is 1.80 bits per heavy atom. The molecule has 5 nitrogen and oxygen atoms in total. The van der Waals surface area contributed by atoms with Crippen LogP contribution in [0.5, 0.6) is 0 Å². The molecule has 1 aliphatic heterocycles. The second-order valence-electron chi connectivity index (χ2n) is 2.09. The molecular formula is C5H9N3O2. The van der Waals surface area contributed by atoms with E-state index in [0.717, 1.165) is 0 Å². The van der Waals surface area contributed by atoms with Crippen molar-refractivity contribution in [2.75, 3.05) is 7.05 Å². The topological polar surface area (TPSA) is 64.9 Å². The quantitative estimate of drug-likeness (QED) is 0.443. The molecule has 5 heteroatoms. The van der Waals surface area contributed by atoms with Crippen LogP contribution >= 0.6 is 0 Å². The highest BCUT2D eigenvalue weighted by atomic mass is 16.3. The Morgan fingerprint density at radius 3 is 2.90 bits per heavy atom. The van der Waals surface area contributed by atoms with Crippen molar-refractivity contribution in [3.05, 3.63) is 0 Å². The summed E-state index contributed by atoms with van der Waals surface area (Å²) in [5.41, 5.74) is 2.39. The molecule has 10 heavy (non-hydrogen) atoms. The summed E-state index contributed by atoms with van der Waals surface area (Å²) in [5, 5.41) is 10.3. The molecule has 0 bridgehead atoms. The van der Waals surface area contributed by atoms with E-state index in [9.17, 15) is 4.79 Å². The van der Waals surface area contributed by atoms with Gasteiger partial charge in [0.2, 0.25) is 6.23 Å². The van der Waals surface area contributed by atoms with Crippen molar-refractivity contribution < 1.29 is 9.90 Å². The van der Waals surface area contributed by atoms with E-state index in [1.807, 2.05) is 0 Å². The molecule has 0 aliphatic carbocycles. The van der Waals surface area contributed by atoms with Gasteiger partial charge in [0.25, 0.3) is 5.91 Å². The average Bonchev–Trinajstić information content (AvgIpc) is 1.84. The minimum absolute atomic E-state index is 0.493. The second kappa shape index (κ2) is 2.26. The lowest BCUT2D eigenvalue weighted by atomic mass is 10.5. The number of hydrogen-bond acceptors (Lipinski definition) is 4. The number of aliphatic hydroxyl groups excluding tert-OH is 1. The van der Waals surface area contributed by atoms with E-state index >= 15 is 0 Å². The third-order valence-electron chi connectivity index (χ3n) is 1.31. The number of aliphatic imine (C=N–C) groups is 1. The Kier molecular flexibility index (Phi) is 1.58. The predicted molar refractivity (Wildman–Crippen MR) is 35.0 cm³/mol. The summed E-state index contributed by atoms with van der Waals surface area (Å²) in [7, 11) is 1.66. The Labute approximate surface area is 58.3 Å². The molecule has 0 aromatic rings. The van der Waals surface area contributed by atoms with Crippen LogP contribution in [0.3, 0.4) is 0 Å². The summed E-state index contributed by atoms with van der Waals surface area (Å²) in [6.45, 7) is 1.70. The molecule has 1 aliphatic rings. The lowest BCUT2D eigenvalue weighted by Crippen LogP contribution is -2.51. The third-order valence-corrected chi connectivity index (χ3v) is 1.31. The molecule has 1 rings (SSSR count). The van der Waals surface area contributed by atoms with Crippen molar-refractivity contribution in [3.8, 4) is 0 Å². The Hall–Kier alpha value is -1.10. The highest BCUT2D eigenvalue weighted by Gasteiger charge is 2.21. The van der Waals surface area contributed by atoms with Gasteiger partial charge in [0.15, 0.2) is 0 Å². The highest BCUT2D eigenvalue weighted by Crippen LogP contribution is 1.96. The van der Waals surface area contributed by atoms with Crippen molar-refractivity contribution in [2.24, 2.45) is 4.99 Å². The molecular weight excluding hydrogens is 134 g/mol. The zero-order valence-electron chi connectivity index (χ0n) is 5.83. The van der Waals surface area contributed by atoms with E-state index < -0.39 is 12.1 Å². The van der Waals surface area contributed by atoms with Crippen LogP contribution in [0.4, 0.5) is 0 Å². The molecule has 0 spiro atoms. The summed E-state index contributed by atoms with van der Waals surface area (Å²) >= 11 is 0. The van der Waals surface area contributed by atoms with Gasteiger partial charge in [-0.2, -0.15) is 0 Å².